The molecule has 0 saturated carbocycles. The topological polar surface area (TPSA) is 50.4 Å². The lowest BCUT2D eigenvalue weighted by molar-refractivity contribution is 0.468. The van der Waals surface area contributed by atoms with E-state index < -0.39 is 11.1 Å². The van der Waals surface area contributed by atoms with Gasteiger partial charge in [-0.2, -0.15) is 0 Å². The first kappa shape index (κ1) is 9.18. The highest BCUT2D eigenvalue weighted by Crippen LogP contribution is 2.28. The van der Waals surface area contributed by atoms with Crippen molar-refractivity contribution in [2.75, 3.05) is 0 Å². The molecule has 0 spiro atoms. The lowest BCUT2D eigenvalue weighted by Crippen LogP contribution is -1.86. The fourth-order valence-corrected chi connectivity index (χ4v) is 1.91. The van der Waals surface area contributed by atoms with Gasteiger partial charge in [0.15, 0.2) is 0 Å². The first-order valence-corrected chi connectivity index (χ1v) is 5.09. The molecular formula is C10H8O3S. The molecule has 0 amide bonds. The van der Waals surface area contributed by atoms with Crippen LogP contribution in [0.4, 0.5) is 0 Å². The van der Waals surface area contributed by atoms with Crippen LogP contribution in [-0.4, -0.2) is 8.76 Å². The molecule has 0 aliphatic carbocycles. The van der Waals surface area contributed by atoms with Crippen LogP contribution in [0, 0.1) is 0 Å². The molecule has 14 heavy (non-hydrogen) atoms. The fraction of sp³-hybridized carbons (Fsp3) is 0. The van der Waals surface area contributed by atoms with Crippen molar-refractivity contribution in [2.24, 2.45) is 0 Å². The van der Waals surface area contributed by atoms with Gasteiger partial charge < -0.3 is 4.42 Å². The minimum Gasteiger partial charge on any atom is -0.444 e. The SMILES string of the molecule is C=Cc1c(S(=O)O)oc2ccccc12. The summed E-state index contributed by atoms with van der Waals surface area (Å²) in [5.74, 6) is 0. The average Bonchev–Trinajstić information content (AvgIpc) is 2.56. The number of para-hydroxylation sites is 1. The highest BCUT2D eigenvalue weighted by Gasteiger charge is 2.15. The van der Waals surface area contributed by atoms with Crippen LogP contribution < -0.4 is 0 Å². The number of fused-ring (bicyclic) bond motifs is 1. The molecule has 1 unspecified atom stereocenters. The van der Waals surface area contributed by atoms with E-state index in [0.29, 0.717) is 11.1 Å². The second kappa shape index (κ2) is 3.40. The molecule has 1 aromatic heterocycles. The van der Waals surface area contributed by atoms with Gasteiger partial charge in [-0.1, -0.05) is 30.9 Å². The van der Waals surface area contributed by atoms with E-state index in [-0.39, 0.29) is 5.09 Å². The van der Waals surface area contributed by atoms with Gasteiger partial charge in [0.1, 0.15) is 5.58 Å². The summed E-state index contributed by atoms with van der Waals surface area (Å²) < 4.78 is 25.1. The number of hydrogen-bond donors (Lipinski definition) is 1. The first-order valence-electron chi connectivity index (χ1n) is 3.99. The van der Waals surface area contributed by atoms with Crippen molar-refractivity contribution < 1.29 is 13.2 Å². The van der Waals surface area contributed by atoms with Gasteiger partial charge in [0.05, 0.1) is 0 Å². The van der Waals surface area contributed by atoms with Gasteiger partial charge in [0, 0.05) is 10.9 Å². The molecule has 0 aliphatic heterocycles. The Kier molecular flexibility index (Phi) is 2.23. The van der Waals surface area contributed by atoms with Gasteiger partial charge in [-0.3, -0.25) is 4.55 Å². The van der Waals surface area contributed by atoms with Crippen molar-refractivity contribution >= 4 is 28.1 Å². The largest absolute Gasteiger partial charge is 0.444 e. The standard InChI is InChI=1S/C10H8O3S/c1-2-7-8-5-3-4-6-9(8)13-10(7)14(11)12/h2-6H,1H2,(H,11,12). The Morgan fingerprint density at radius 1 is 1.43 bits per heavy atom. The maximum atomic E-state index is 10.9. The van der Waals surface area contributed by atoms with Crippen LogP contribution in [0.5, 0.6) is 0 Å². The predicted octanol–water partition coefficient (Wildman–Crippen LogP) is 2.66. The number of benzene rings is 1. The molecule has 1 atom stereocenters. The van der Waals surface area contributed by atoms with Crippen LogP contribution in [0.2, 0.25) is 0 Å². The molecule has 4 heteroatoms. The van der Waals surface area contributed by atoms with Gasteiger partial charge in [0.25, 0.3) is 0 Å². The van der Waals surface area contributed by atoms with Crippen molar-refractivity contribution in [1.82, 2.24) is 0 Å². The van der Waals surface area contributed by atoms with E-state index in [1.165, 1.54) is 6.08 Å². The van der Waals surface area contributed by atoms with E-state index in [1.54, 1.807) is 6.07 Å². The third kappa shape index (κ3) is 1.29. The van der Waals surface area contributed by atoms with Gasteiger partial charge in [-0.15, -0.1) is 0 Å². The molecule has 2 rings (SSSR count). The molecule has 0 aliphatic rings. The number of hydrogen-bond acceptors (Lipinski definition) is 2. The molecule has 1 heterocycles. The Balaban J connectivity index is 2.85. The maximum Gasteiger partial charge on any atom is 0.226 e. The molecule has 0 radical (unpaired) electrons. The quantitative estimate of drug-likeness (QED) is 0.772. The summed E-state index contributed by atoms with van der Waals surface area (Å²) in [7, 11) is 0. The molecule has 1 N–H and O–H groups in total. The van der Waals surface area contributed by atoms with Crippen LogP contribution in [-0.2, 0) is 11.1 Å². The normalized spacial score (nSPS) is 12.9. The number of rotatable bonds is 2. The summed E-state index contributed by atoms with van der Waals surface area (Å²) >= 11 is -2.11. The van der Waals surface area contributed by atoms with Crippen molar-refractivity contribution in [3.05, 3.63) is 36.4 Å². The second-order valence-corrected chi connectivity index (χ2v) is 3.62. The zero-order valence-electron chi connectivity index (χ0n) is 7.27. The van der Waals surface area contributed by atoms with Crippen LogP contribution in [0.25, 0.3) is 17.0 Å². The van der Waals surface area contributed by atoms with Crippen molar-refractivity contribution in [2.45, 2.75) is 5.09 Å². The molecule has 2 aromatic rings. The summed E-state index contributed by atoms with van der Waals surface area (Å²) in [5.41, 5.74) is 1.18. The Morgan fingerprint density at radius 3 is 2.79 bits per heavy atom. The van der Waals surface area contributed by atoms with Gasteiger partial charge in [-0.25, -0.2) is 4.21 Å². The Labute approximate surface area is 83.3 Å². The van der Waals surface area contributed by atoms with Crippen molar-refractivity contribution in [3.8, 4) is 0 Å². The van der Waals surface area contributed by atoms with E-state index in [2.05, 4.69) is 6.58 Å². The molecule has 0 saturated heterocycles. The van der Waals surface area contributed by atoms with Crippen LogP contribution >= 0.6 is 0 Å². The summed E-state index contributed by atoms with van der Waals surface area (Å²) in [5, 5.41) is 0.862. The molecule has 0 fully saturated rings. The maximum absolute atomic E-state index is 10.9. The third-order valence-electron chi connectivity index (χ3n) is 1.96. The third-order valence-corrected chi connectivity index (χ3v) is 2.58. The number of furan rings is 1. The minimum atomic E-state index is -2.11. The van der Waals surface area contributed by atoms with E-state index in [9.17, 15) is 4.21 Å². The highest BCUT2D eigenvalue weighted by molar-refractivity contribution is 7.79. The van der Waals surface area contributed by atoms with E-state index in [1.807, 2.05) is 18.2 Å². The van der Waals surface area contributed by atoms with E-state index in [0.717, 1.165) is 5.39 Å². The smallest absolute Gasteiger partial charge is 0.226 e. The van der Waals surface area contributed by atoms with Crippen molar-refractivity contribution in [3.63, 3.8) is 0 Å². The average molecular weight is 208 g/mol. The Morgan fingerprint density at radius 2 is 2.14 bits per heavy atom. The monoisotopic (exact) mass is 208 g/mol. The summed E-state index contributed by atoms with van der Waals surface area (Å²) in [6.45, 7) is 3.59. The zero-order valence-corrected chi connectivity index (χ0v) is 8.08. The van der Waals surface area contributed by atoms with Gasteiger partial charge >= 0.3 is 0 Å². The molecule has 1 aromatic carbocycles. The second-order valence-electron chi connectivity index (χ2n) is 2.75. The molecule has 0 bridgehead atoms. The minimum absolute atomic E-state index is 0.0567. The summed E-state index contributed by atoms with van der Waals surface area (Å²) in [6, 6.07) is 7.22. The highest BCUT2D eigenvalue weighted by atomic mass is 32.2. The Hall–Kier alpha value is -1.39. The fourth-order valence-electron chi connectivity index (χ4n) is 1.37. The Bertz CT molecular complexity index is 513. The van der Waals surface area contributed by atoms with Crippen LogP contribution in [0.1, 0.15) is 5.56 Å². The van der Waals surface area contributed by atoms with Crippen molar-refractivity contribution in [1.29, 1.82) is 0 Å². The summed E-state index contributed by atoms with van der Waals surface area (Å²) in [4.78, 5) is 0. The van der Waals surface area contributed by atoms with Crippen LogP contribution in [0.15, 0.2) is 40.4 Å². The molecule has 3 nitrogen and oxygen atoms in total. The lowest BCUT2D eigenvalue weighted by Gasteiger charge is -1.89. The van der Waals surface area contributed by atoms with E-state index >= 15 is 0 Å². The lowest BCUT2D eigenvalue weighted by atomic mass is 10.2. The van der Waals surface area contributed by atoms with Crippen LogP contribution in [0.3, 0.4) is 0 Å². The van der Waals surface area contributed by atoms with Gasteiger partial charge in [0.2, 0.25) is 16.2 Å². The zero-order chi connectivity index (χ0) is 10.1. The predicted molar refractivity (Wildman–Crippen MR) is 55.3 cm³/mol. The molecular weight excluding hydrogens is 200 g/mol. The van der Waals surface area contributed by atoms with Gasteiger partial charge in [-0.05, 0) is 6.07 Å². The van der Waals surface area contributed by atoms with E-state index in [4.69, 9.17) is 8.97 Å². The molecule has 72 valence electrons. The first-order chi connectivity index (χ1) is 6.74. The summed E-state index contributed by atoms with van der Waals surface area (Å²) in [6.07, 6.45) is 1.52.